The average molecular weight is 431 g/mol. The predicted molar refractivity (Wildman–Crippen MR) is 117 cm³/mol. The van der Waals surface area contributed by atoms with Gasteiger partial charge in [0, 0.05) is 51.2 Å². The van der Waals surface area contributed by atoms with E-state index in [4.69, 9.17) is 4.74 Å². The van der Waals surface area contributed by atoms with Crippen molar-refractivity contribution in [2.24, 2.45) is 7.05 Å². The molecule has 0 aliphatic carbocycles. The minimum Gasteiger partial charge on any atom is -0.361 e. The molecule has 0 saturated carbocycles. The number of amides is 2. The second-order valence-electron chi connectivity index (χ2n) is 8.35. The highest BCUT2D eigenvalue weighted by Gasteiger charge is 2.58. The van der Waals surface area contributed by atoms with Crippen LogP contribution >= 0.6 is 0 Å². The second-order valence-corrected chi connectivity index (χ2v) is 8.35. The number of carbonyl (C=O) groups excluding carboxylic acids is 2. The maximum atomic E-state index is 13.9. The van der Waals surface area contributed by atoms with Gasteiger partial charge in [0.05, 0.1) is 13.2 Å². The van der Waals surface area contributed by atoms with Gasteiger partial charge in [-0.15, -0.1) is 0 Å². The predicted octanol–water partition coefficient (Wildman–Crippen LogP) is 1.85. The maximum absolute atomic E-state index is 13.9. The number of pyridine rings is 1. The van der Waals surface area contributed by atoms with Crippen LogP contribution in [0.2, 0.25) is 0 Å². The fourth-order valence-corrected chi connectivity index (χ4v) is 4.72. The zero-order valence-electron chi connectivity index (χ0n) is 17.9. The van der Waals surface area contributed by atoms with Crippen LogP contribution in [0.5, 0.6) is 0 Å². The van der Waals surface area contributed by atoms with Gasteiger partial charge in [-0.25, -0.2) is 0 Å². The molecule has 2 atom stereocenters. The van der Waals surface area contributed by atoms with Crippen molar-refractivity contribution in [3.63, 3.8) is 0 Å². The summed E-state index contributed by atoms with van der Waals surface area (Å²) in [6.45, 7) is 2.00. The number of nitrogens with zero attached hydrogens (tertiary/aromatic N) is 5. The van der Waals surface area contributed by atoms with Crippen LogP contribution < -0.4 is 0 Å². The molecule has 1 aromatic carbocycles. The first-order valence-corrected chi connectivity index (χ1v) is 10.7. The first-order chi connectivity index (χ1) is 15.6. The van der Waals surface area contributed by atoms with Crippen molar-refractivity contribution >= 4 is 11.8 Å². The van der Waals surface area contributed by atoms with E-state index in [0.717, 1.165) is 11.1 Å². The molecule has 2 aromatic heterocycles. The smallest absolute Gasteiger partial charge is 0.274 e. The van der Waals surface area contributed by atoms with E-state index in [2.05, 4.69) is 10.1 Å². The van der Waals surface area contributed by atoms with Crippen molar-refractivity contribution in [3.05, 3.63) is 83.9 Å². The molecular weight excluding hydrogens is 406 g/mol. The van der Waals surface area contributed by atoms with Crippen molar-refractivity contribution < 1.29 is 14.3 Å². The molecule has 2 aliphatic rings. The molecule has 32 heavy (non-hydrogen) atoms. The van der Waals surface area contributed by atoms with Gasteiger partial charge >= 0.3 is 0 Å². The van der Waals surface area contributed by atoms with Crippen LogP contribution in [0.4, 0.5) is 0 Å². The Bertz CT molecular complexity index is 1120. The van der Waals surface area contributed by atoms with E-state index in [0.29, 0.717) is 31.9 Å². The van der Waals surface area contributed by atoms with E-state index in [1.54, 1.807) is 41.3 Å². The number of aryl methyl sites for hydroxylation is 1. The number of rotatable bonds is 4. The summed E-state index contributed by atoms with van der Waals surface area (Å²) in [5.74, 6) is -0.597. The Morgan fingerprint density at radius 1 is 1.19 bits per heavy atom. The normalized spacial score (nSPS) is 23.2. The molecule has 8 nitrogen and oxygen atoms in total. The number of hydrogen-bond acceptors (Lipinski definition) is 5. The third-order valence-electron chi connectivity index (χ3n) is 6.28. The quantitative estimate of drug-likeness (QED) is 0.630. The lowest BCUT2D eigenvalue weighted by Crippen LogP contribution is -2.60. The lowest BCUT2D eigenvalue weighted by molar-refractivity contribution is -0.172. The first-order valence-electron chi connectivity index (χ1n) is 10.7. The van der Waals surface area contributed by atoms with E-state index >= 15 is 0 Å². The Morgan fingerprint density at radius 3 is 2.75 bits per heavy atom. The molecule has 0 N–H and O–H groups in total. The average Bonchev–Trinajstić information content (AvgIpc) is 3.42. The molecule has 0 unspecified atom stereocenters. The van der Waals surface area contributed by atoms with E-state index in [1.165, 1.54) is 0 Å². The minimum absolute atomic E-state index is 0.0854. The van der Waals surface area contributed by atoms with Crippen LogP contribution in [0, 0.1) is 0 Å². The Balaban J connectivity index is 1.48. The van der Waals surface area contributed by atoms with Gasteiger partial charge in [-0.05, 0) is 23.3 Å². The lowest BCUT2D eigenvalue weighted by atomic mass is 9.83. The Morgan fingerprint density at radius 2 is 2.03 bits per heavy atom. The van der Waals surface area contributed by atoms with Crippen molar-refractivity contribution in [2.75, 3.05) is 26.2 Å². The summed E-state index contributed by atoms with van der Waals surface area (Å²) in [7, 11) is 1.77. The first kappa shape index (κ1) is 20.4. The van der Waals surface area contributed by atoms with Crippen molar-refractivity contribution in [3.8, 4) is 0 Å². The number of aromatic nitrogens is 3. The van der Waals surface area contributed by atoms with Gasteiger partial charge in [0.25, 0.3) is 11.8 Å². The molecule has 4 heterocycles. The third kappa shape index (κ3) is 3.56. The number of morpholine rings is 1. The summed E-state index contributed by atoms with van der Waals surface area (Å²) in [6, 6.07) is 15.4. The van der Waals surface area contributed by atoms with Gasteiger partial charge in [0.2, 0.25) is 0 Å². The molecule has 2 fully saturated rings. The molecule has 164 valence electrons. The number of hydrogen-bond donors (Lipinski definition) is 0. The standard InChI is InChI=1S/C24H25N5O3/c1-27-11-9-21(26-27)22(30)29-16-20(19-8-5-10-25-14-19)24(17-29)23(31)28(12-13-32-24)15-18-6-3-2-4-7-18/h2-11,14,20H,12-13,15-17H2,1H3/t20-,24+/m0/s1. The molecule has 5 rings (SSSR count). The fourth-order valence-electron chi connectivity index (χ4n) is 4.72. The van der Waals surface area contributed by atoms with Gasteiger partial charge < -0.3 is 14.5 Å². The largest absolute Gasteiger partial charge is 0.361 e. The van der Waals surface area contributed by atoms with E-state index in [-0.39, 0.29) is 24.3 Å². The highest BCUT2D eigenvalue weighted by Crippen LogP contribution is 2.42. The minimum atomic E-state index is -1.14. The van der Waals surface area contributed by atoms with E-state index < -0.39 is 5.60 Å². The van der Waals surface area contributed by atoms with E-state index in [9.17, 15) is 9.59 Å². The summed E-state index contributed by atoms with van der Waals surface area (Å²) in [6.07, 6.45) is 5.20. The number of carbonyl (C=O) groups is 2. The van der Waals surface area contributed by atoms with Crippen LogP contribution in [0.15, 0.2) is 67.1 Å². The SMILES string of the molecule is Cn1ccc(C(=O)N2C[C@@H](c3cccnc3)[C@@]3(C2)OCCN(Cc2ccccc2)C3=O)n1. The van der Waals surface area contributed by atoms with Crippen LogP contribution in [0.25, 0.3) is 0 Å². The second kappa shape index (κ2) is 8.20. The highest BCUT2D eigenvalue weighted by atomic mass is 16.5. The summed E-state index contributed by atoms with van der Waals surface area (Å²) >= 11 is 0. The zero-order valence-corrected chi connectivity index (χ0v) is 17.9. The fraction of sp³-hybridized carbons (Fsp3) is 0.333. The number of benzene rings is 1. The summed E-state index contributed by atoms with van der Waals surface area (Å²) in [4.78, 5) is 34.8. The Labute approximate surface area is 186 Å². The van der Waals surface area contributed by atoms with Crippen molar-refractivity contribution in [1.82, 2.24) is 24.6 Å². The van der Waals surface area contributed by atoms with Crippen LogP contribution in [0.1, 0.15) is 27.5 Å². The van der Waals surface area contributed by atoms with Gasteiger partial charge in [-0.3, -0.25) is 19.3 Å². The summed E-state index contributed by atoms with van der Waals surface area (Å²) in [5.41, 5.74) is 1.17. The highest BCUT2D eigenvalue weighted by molar-refractivity contribution is 5.95. The summed E-state index contributed by atoms with van der Waals surface area (Å²) in [5, 5.41) is 4.25. The molecule has 0 radical (unpaired) electrons. The van der Waals surface area contributed by atoms with Gasteiger partial charge in [-0.1, -0.05) is 36.4 Å². The van der Waals surface area contributed by atoms with Gasteiger partial charge in [-0.2, -0.15) is 5.10 Å². The van der Waals surface area contributed by atoms with Gasteiger partial charge in [0.1, 0.15) is 5.69 Å². The maximum Gasteiger partial charge on any atom is 0.274 e. The monoisotopic (exact) mass is 431 g/mol. The Hall–Kier alpha value is -3.52. The van der Waals surface area contributed by atoms with Crippen molar-refractivity contribution in [2.45, 2.75) is 18.1 Å². The molecule has 1 spiro atoms. The molecule has 2 saturated heterocycles. The molecule has 2 amide bonds. The molecule has 3 aromatic rings. The Kier molecular flexibility index (Phi) is 5.22. The van der Waals surface area contributed by atoms with Gasteiger partial charge in [0.15, 0.2) is 5.60 Å². The summed E-state index contributed by atoms with van der Waals surface area (Å²) < 4.78 is 7.86. The van der Waals surface area contributed by atoms with Crippen LogP contribution in [-0.4, -0.2) is 68.2 Å². The molecule has 8 heteroatoms. The van der Waals surface area contributed by atoms with Crippen LogP contribution in [0.3, 0.4) is 0 Å². The number of likely N-dealkylation sites (tertiary alicyclic amines) is 1. The zero-order chi connectivity index (χ0) is 22.1. The third-order valence-corrected chi connectivity index (χ3v) is 6.28. The van der Waals surface area contributed by atoms with E-state index in [1.807, 2.05) is 47.4 Å². The number of ether oxygens (including phenoxy) is 1. The van der Waals surface area contributed by atoms with Crippen LogP contribution in [-0.2, 0) is 23.1 Å². The molecular formula is C24H25N5O3. The lowest BCUT2D eigenvalue weighted by Gasteiger charge is -2.42. The topological polar surface area (TPSA) is 80.6 Å². The van der Waals surface area contributed by atoms with Crippen molar-refractivity contribution in [1.29, 1.82) is 0 Å². The molecule has 0 bridgehead atoms. The molecule has 2 aliphatic heterocycles.